The second-order valence-corrected chi connectivity index (χ2v) is 6.69. The van der Waals surface area contributed by atoms with Crippen LogP contribution in [0.2, 0.25) is 0 Å². The molecule has 2 aromatic carbocycles. The van der Waals surface area contributed by atoms with Crippen LogP contribution in [0.5, 0.6) is 5.75 Å². The third-order valence-corrected chi connectivity index (χ3v) is 4.77. The lowest BCUT2D eigenvalue weighted by Gasteiger charge is -2.35. The summed E-state index contributed by atoms with van der Waals surface area (Å²) in [6.45, 7) is 3.68. The molecule has 2 N–H and O–H groups in total. The molecule has 144 valence electrons. The van der Waals surface area contributed by atoms with Crippen molar-refractivity contribution in [3.05, 3.63) is 59.9 Å². The molecule has 0 aromatic heterocycles. The standard InChI is InChI=1S/C20H24FN3O2S/c1-25-18-4-2-3-17(13-18)23-20(27)22-14-19(24-9-11-26-12-10-24)15-5-7-16(21)8-6-15/h2-8,13,19H,9-12,14H2,1H3,(H2,22,23,27). The van der Waals surface area contributed by atoms with Crippen molar-refractivity contribution in [2.24, 2.45) is 0 Å². The van der Waals surface area contributed by atoms with E-state index in [1.165, 1.54) is 12.1 Å². The Morgan fingerprint density at radius 3 is 2.67 bits per heavy atom. The molecule has 7 heteroatoms. The maximum Gasteiger partial charge on any atom is 0.170 e. The Kier molecular flexibility index (Phi) is 6.98. The van der Waals surface area contributed by atoms with Gasteiger partial charge in [-0.2, -0.15) is 0 Å². The molecule has 5 nitrogen and oxygen atoms in total. The number of nitrogens with one attached hydrogen (secondary N) is 2. The van der Waals surface area contributed by atoms with E-state index in [2.05, 4.69) is 15.5 Å². The maximum atomic E-state index is 13.3. The van der Waals surface area contributed by atoms with E-state index < -0.39 is 0 Å². The van der Waals surface area contributed by atoms with Crippen molar-refractivity contribution in [1.82, 2.24) is 10.2 Å². The van der Waals surface area contributed by atoms with Gasteiger partial charge in [0.05, 0.1) is 26.4 Å². The molecule has 0 amide bonds. The van der Waals surface area contributed by atoms with Crippen LogP contribution in [-0.2, 0) is 4.74 Å². The average molecular weight is 389 g/mol. The summed E-state index contributed by atoms with van der Waals surface area (Å²) < 4.78 is 24.0. The Balaban J connectivity index is 1.64. The smallest absolute Gasteiger partial charge is 0.170 e. The van der Waals surface area contributed by atoms with E-state index >= 15 is 0 Å². The number of rotatable bonds is 6. The third kappa shape index (κ3) is 5.63. The van der Waals surface area contributed by atoms with Gasteiger partial charge in [0.25, 0.3) is 0 Å². The van der Waals surface area contributed by atoms with Gasteiger partial charge in [-0.25, -0.2) is 4.39 Å². The number of methoxy groups -OCH3 is 1. The van der Waals surface area contributed by atoms with Gasteiger partial charge in [-0.15, -0.1) is 0 Å². The highest BCUT2D eigenvalue weighted by atomic mass is 32.1. The molecule has 1 fully saturated rings. The molecular weight excluding hydrogens is 365 g/mol. The lowest BCUT2D eigenvalue weighted by molar-refractivity contribution is 0.0170. The fraction of sp³-hybridized carbons (Fsp3) is 0.350. The van der Waals surface area contributed by atoms with Crippen molar-refractivity contribution in [2.45, 2.75) is 6.04 Å². The molecule has 0 saturated carbocycles. The largest absolute Gasteiger partial charge is 0.497 e. The molecule has 1 aliphatic rings. The SMILES string of the molecule is COc1cccc(NC(=S)NCC(c2ccc(F)cc2)N2CCOCC2)c1. The molecule has 27 heavy (non-hydrogen) atoms. The Hall–Kier alpha value is -2.22. The maximum absolute atomic E-state index is 13.3. The van der Waals surface area contributed by atoms with E-state index in [0.29, 0.717) is 24.9 Å². The van der Waals surface area contributed by atoms with Crippen LogP contribution >= 0.6 is 12.2 Å². The van der Waals surface area contributed by atoms with Crippen LogP contribution in [0.4, 0.5) is 10.1 Å². The monoisotopic (exact) mass is 389 g/mol. The molecule has 0 bridgehead atoms. The van der Waals surface area contributed by atoms with Crippen molar-refractivity contribution < 1.29 is 13.9 Å². The predicted molar refractivity (Wildman–Crippen MR) is 109 cm³/mol. The lowest BCUT2D eigenvalue weighted by atomic mass is 10.0. The Labute approximate surface area is 164 Å². The molecule has 0 spiro atoms. The van der Waals surface area contributed by atoms with Crippen LogP contribution in [0.3, 0.4) is 0 Å². The zero-order chi connectivity index (χ0) is 19.1. The van der Waals surface area contributed by atoms with Gasteiger partial charge in [-0.3, -0.25) is 4.90 Å². The first-order chi connectivity index (χ1) is 13.2. The molecule has 0 radical (unpaired) electrons. The number of anilines is 1. The van der Waals surface area contributed by atoms with Gasteiger partial charge in [0.2, 0.25) is 0 Å². The minimum atomic E-state index is -0.234. The van der Waals surface area contributed by atoms with Crippen molar-refractivity contribution in [3.8, 4) is 5.75 Å². The second kappa shape index (κ2) is 9.64. The summed E-state index contributed by atoms with van der Waals surface area (Å²) >= 11 is 5.44. The van der Waals surface area contributed by atoms with Gasteiger partial charge in [0.15, 0.2) is 5.11 Å². The molecule has 0 aliphatic carbocycles. The molecule has 2 aromatic rings. The Morgan fingerprint density at radius 2 is 1.96 bits per heavy atom. The number of nitrogens with zero attached hydrogens (tertiary/aromatic N) is 1. The number of benzene rings is 2. The fourth-order valence-corrected chi connectivity index (χ4v) is 3.30. The Morgan fingerprint density at radius 1 is 1.22 bits per heavy atom. The molecule has 1 unspecified atom stereocenters. The van der Waals surface area contributed by atoms with Gasteiger partial charge in [-0.05, 0) is 42.0 Å². The van der Waals surface area contributed by atoms with Crippen LogP contribution in [0.15, 0.2) is 48.5 Å². The number of hydrogen-bond acceptors (Lipinski definition) is 4. The summed E-state index contributed by atoms with van der Waals surface area (Å²) in [5.41, 5.74) is 1.91. The van der Waals surface area contributed by atoms with E-state index in [1.54, 1.807) is 7.11 Å². The third-order valence-electron chi connectivity index (χ3n) is 4.52. The Bertz CT molecular complexity index is 751. The number of morpholine rings is 1. The average Bonchev–Trinajstić information content (AvgIpc) is 2.70. The first-order valence-electron chi connectivity index (χ1n) is 8.92. The number of halogens is 1. The minimum Gasteiger partial charge on any atom is -0.497 e. The van der Waals surface area contributed by atoms with Gasteiger partial charge in [0, 0.05) is 31.4 Å². The van der Waals surface area contributed by atoms with E-state index in [0.717, 1.165) is 30.1 Å². The zero-order valence-corrected chi connectivity index (χ0v) is 16.1. The molecule has 3 rings (SSSR count). The molecule has 1 heterocycles. The normalized spacial score (nSPS) is 15.8. The van der Waals surface area contributed by atoms with Crippen molar-refractivity contribution in [1.29, 1.82) is 0 Å². The van der Waals surface area contributed by atoms with Gasteiger partial charge < -0.3 is 20.1 Å². The van der Waals surface area contributed by atoms with Crippen LogP contribution in [0, 0.1) is 5.82 Å². The molecule has 1 saturated heterocycles. The van der Waals surface area contributed by atoms with Crippen LogP contribution < -0.4 is 15.4 Å². The summed E-state index contributed by atoms with van der Waals surface area (Å²) in [5, 5.41) is 6.99. The first kappa shape index (κ1) is 19.5. The van der Waals surface area contributed by atoms with Crippen molar-refractivity contribution >= 4 is 23.0 Å². The summed E-state index contributed by atoms with van der Waals surface area (Å²) in [5.74, 6) is 0.531. The quantitative estimate of drug-likeness (QED) is 0.740. The molecule has 1 atom stereocenters. The van der Waals surface area contributed by atoms with Crippen LogP contribution in [-0.4, -0.2) is 50.0 Å². The minimum absolute atomic E-state index is 0.0829. The molecule has 1 aliphatic heterocycles. The zero-order valence-electron chi connectivity index (χ0n) is 15.3. The first-order valence-corrected chi connectivity index (χ1v) is 9.32. The molecular formula is C20H24FN3O2S. The van der Waals surface area contributed by atoms with Crippen molar-refractivity contribution in [2.75, 3.05) is 45.3 Å². The highest BCUT2D eigenvalue weighted by Crippen LogP contribution is 2.22. The highest BCUT2D eigenvalue weighted by Gasteiger charge is 2.22. The van der Waals surface area contributed by atoms with E-state index in [4.69, 9.17) is 21.7 Å². The summed E-state index contributed by atoms with van der Waals surface area (Å²) in [6.07, 6.45) is 0. The van der Waals surface area contributed by atoms with Gasteiger partial charge >= 0.3 is 0 Å². The van der Waals surface area contributed by atoms with E-state index in [1.807, 2.05) is 36.4 Å². The van der Waals surface area contributed by atoms with Gasteiger partial charge in [0.1, 0.15) is 11.6 Å². The fourth-order valence-electron chi connectivity index (χ4n) is 3.10. The van der Waals surface area contributed by atoms with Crippen molar-refractivity contribution in [3.63, 3.8) is 0 Å². The number of thiocarbonyl (C=S) groups is 1. The van der Waals surface area contributed by atoms with E-state index in [9.17, 15) is 4.39 Å². The van der Waals surface area contributed by atoms with Crippen LogP contribution in [0.1, 0.15) is 11.6 Å². The number of hydrogen-bond donors (Lipinski definition) is 2. The highest BCUT2D eigenvalue weighted by molar-refractivity contribution is 7.80. The summed E-state index contributed by atoms with van der Waals surface area (Å²) in [4.78, 5) is 2.33. The number of ether oxygens (including phenoxy) is 2. The lowest BCUT2D eigenvalue weighted by Crippen LogP contribution is -2.44. The van der Waals surface area contributed by atoms with E-state index in [-0.39, 0.29) is 11.9 Å². The van der Waals surface area contributed by atoms with Crippen LogP contribution in [0.25, 0.3) is 0 Å². The van der Waals surface area contributed by atoms with Gasteiger partial charge in [-0.1, -0.05) is 18.2 Å². The predicted octanol–water partition coefficient (Wildman–Crippen LogP) is 3.19. The topological polar surface area (TPSA) is 45.8 Å². The summed E-state index contributed by atoms with van der Waals surface area (Å²) in [7, 11) is 1.63. The summed E-state index contributed by atoms with van der Waals surface area (Å²) in [6, 6.07) is 14.3. The second-order valence-electron chi connectivity index (χ2n) is 6.28.